The fourth-order valence-corrected chi connectivity index (χ4v) is 2.04. The molecule has 3 nitrogen and oxygen atoms in total. The molecule has 0 spiro atoms. The molecule has 0 saturated carbocycles. The van der Waals surface area contributed by atoms with E-state index in [1.54, 1.807) is 24.3 Å². The van der Waals surface area contributed by atoms with E-state index in [9.17, 15) is 4.79 Å². The smallest absolute Gasteiger partial charge is 0.251 e. The Kier molecular flexibility index (Phi) is 5.87. The second kappa shape index (κ2) is 7.17. The van der Waals surface area contributed by atoms with Crippen LogP contribution in [0.15, 0.2) is 24.3 Å². The second-order valence-electron chi connectivity index (χ2n) is 5.93. The first kappa shape index (κ1) is 15.5. The first-order valence-electron chi connectivity index (χ1n) is 7.08. The van der Waals surface area contributed by atoms with Crippen molar-refractivity contribution in [3.8, 4) is 0 Å². The van der Waals surface area contributed by atoms with Crippen LogP contribution in [0.2, 0.25) is 0 Å². The zero-order valence-corrected chi connectivity index (χ0v) is 12.3. The van der Waals surface area contributed by atoms with E-state index in [2.05, 4.69) is 26.1 Å². The maximum absolute atomic E-state index is 12.0. The van der Waals surface area contributed by atoms with E-state index in [4.69, 9.17) is 5.73 Å². The van der Waals surface area contributed by atoms with Crippen molar-refractivity contribution in [2.45, 2.75) is 46.5 Å². The summed E-state index contributed by atoms with van der Waals surface area (Å²) in [5.41, 5.74) is 7.07. The van der Waals surface area contributed by atoms with Crippen LogP contribution in [0.4, 0.5) is 5.69 Å². The molecule has 0 unspecified atom stereocenters. The topological polar surface area (TPSA) is 55.1 Å². The normalized spacial score (nSPS) is 11.3. The Hall–Kier alpha value is -1.51. The van der Waals surface area contributed by atoms with Gasteiger partial charge in [0.15, 0.2) is 0 Å². The summed E-state index contributed by atoms with van der Waals surface area (Å²) in [5, 5.41) is 3.00. The lowest BCUT2D eigenvalue weighted by atomic mass is 9.87. The quantitative estimate of drug-likeness (QED) is 0.582. The largest absolute Gasteiger partial charge is 0.399 e. The molecule has 0 atom stereocenters. The van der Waals surface area contributed by atoms with Gasteiger partial charge in [0, 0.05) is 17.8 Å². The first-order valence-corrected chi connectivity index (χ1v) is 7.08. The molecule has 0 aliphatic carbocycles. The molecule has 0 bridgehead atoms. The van der Waals surface area contributed by atoms with Crippen molar-refractivity contribution in [1.29, 1.82) is 0 Å². The number of hydrogen-bond donors (Lipinski definition) is 2. The van der Waals surface area contributed by atoms with E-state index < -0.39 is 0 Å². The van der Waals surface area contributed by atoms with Crippen molar-refractivity contribution in [2.24, 2.45) is 5.41 Å². The summed E-state index contributed by atoms with van der Waals surface area (Å²) in [5.74, 6) is -0.0455. The molecular formula is C16H26N2O. The van der Waals surface area contributed by atoms with Gasteiger partial charge in [0.05, 0.1) is 0 Å². The van der Waals surface area contributed by atoms with E-state index in [0.29, 0.717) is 17.8 Å². The molecule has 3 N–H and O–H groups in total. The summed E-state index contributed by atoms with van der Waals surface area (Å²) in [7, 11) is 0. The molecule has 19 heavy (non-hydrogen) atoms. The number of hydrogen-bond acceptors (Lipinski definition) is 2. The number of carbonyl (C=O) groups excluding carboxylic acids is 1. The molecular weight excluding hydrogens is 236 g/mol. The van der Waals surface area contributed by atoms with Crippen LogP contribution in [0.25, 0.3) is 0 Å². The van der Waals surface area contributed by atoms with Gasteiger partial charge in [-0.15, -0.1) is 0 Å². The Labute approximate surface area is 116 Å². The van der Waals surface area contributed by atoms with Gasteiger partial charge in [-0.3, -0.25) is 4.79 Å². The molecule has 106 valence electrons. The Morgan fingerprint density at radius 3 is 2.68 bits per heavy atom. The maximum Gasteiger partial charge on any atom is 0.251 e. The monoisotopic (exact) mass is 262 g/mol. The number of rotatable bonds is 7. The highest BCUT2D eigenvalue weighted by Gasteiger charge is 2.18. The number of nitrogens with one attached hydrogen (secondary N) is 1. The number of benzene rings is 1. The second-order valence-corrected chi connectivity index (χ2v) is 5.93. The van der Waals surface area contributed by atoms with Crippen LogP contribution >= 0.6 is 0 Å². The summed E-state index contributed by atoms with van der Waals surface area (Å²) in [6, 6.07) is 7.08. The molecule has 0 heterocycles. The van der Waals surface area contributed by atoms with Gasteiger partial charge < -0.3 is 11.1 Å². The number of unbranched alkanes of at least 4 members (excludes halogenated alkanes) is 2. The van der Waals surface area contributed by atoms with Crippen LogP contribution in [0.3, 0.4) is 0 Å². The number of amides is 1. The number of nitrogen functional groups attached to an aromatic ring is 1. The summed E-state index contributed by atoms with van der Waals surface area (Å²) >= 11 is 0. The molecule has 1 aromatic carbocycles. The van der Waals surface area contributed by atoms with Gasteiger partial charge in [-0.2, -0.15) is 0 Å². The van der Waals surface area contributed by atoms with Gasteiger partial charge in [-0.1, -0.05) is 46.1 Å². The zero-order valence-electron chi connectivity index (χ0n) is 12.3. The standard InChI is InChI=1S/C16H26N2O/c1-4-5-6-10-16(2,3)12-18-15(19)13-8-7-9-14(17)11-13/h7-9,11H,4-6,10,12,17H2,1-3H3,(H,18,19). The minimum Gasteiger partial charge on any atom is -0.399 e. The fourth-order valence-electron chi connectivity index (χ4n) is 2.04. The van der Waals surface area contributed by atoms with E-state index in [1.165, 1.54) is 19.3 Å². The van der Waals surface area contributed by atoms with Crippen LogP contribution in [0.1, 0.15) is 56.8 Å². The minimum atomic E-state index is -0.0455. The van der Waals surface area contributed by atoms with Crippen molar-refractivity contribution >= 4 is 11.6 Å². The summed E-state index contributed by atoms with van der Waals surface area (Å²) in [4.78, 5) is 12.0. The van der Waals surface area contributed by atoms with Gasteiger partial charge in [-0.25, -0.2) is 0 Å². The first-order chi connectivity index (χ1) is 8.94. The van der Waals surface area contributed by atoms with Gasteiger partial charge in [-0.05, 0) is 30.0 Å². The molecule has 0 saturated heterocycles. The van der Waals surface area contributed by atoms with Gasteiger partial charge >= 0.3 is 0 Å². The lowest BCUT2D eigenvalue weighted by Crippen LogP contribution is -2.34. The van der Waals surface area contributed by atoms with Crippen LogP contribution in [-0.2, 0) is 0 Å². The lowest BCUT2D eigenvalue weighted by Gasteiger charge is -2.25. The minimum absolute atomic E-state index is 0.0455. The third-order valence-corrected chi connectivity index (χ3v) is 3.33. The Morgan fingerprint density at radius 1 is 1.32 bits per heavy atom. The Bertz CT molecular complexity index is 413. The van der Waals surface area contributed by atoms with Crippen LogP contribution < -0.4 is 11.1 Å². The van der Waals surface area contributed by atoms with E-state index >= 15 is 0 Å². The average Bonchev–Trinajstić information content (AvgIpc) is 2.36. The third-order valence-electron chi connectivity index (χ3n) is 3.33. The highest BCUT2D eigenvalue weighted by atomic mass is 16.1. The summed E-state index contributed by atoms with van der Waals surface area (Å²) < 4.78 is 0. The average molecular weight is 262 g/mol. The highest BCUT2D eigenvalue weighted by molar-refractivity contribution is 5.94. The molecule has 0 aliphatic rings. The van der Waals surface area contributed by atoms with E-state index in [1.807, 2.05) is 0 Å². The summed E-state index contributed by atoms with van der Waals surface area (Å²) in [6.45, 7) is 7.30. The Balaban J connectivity index is 2.45. The van der Waals surface area contributed by atoms with Crippen LogP contribution in [0.5, 0.6) is 0 Å². The SMILES string of the molecule is CCCCCC(C)(C)CNC(=O)c1cccc(N)c1. The van der Waals surface area contributed by atoms with Crippen molar-refractivity contribution in [1.82, 2.24) is 5.32 Å². The molecule has 1 amide bonds. The van der Waals surface area contributed by atoms with Crippen molar-refractivity contribution < 1.29 is 4.79 Å². The van der Waals surface area contributed by atoms with Gasteiger partial charge in [0.1, 0.15) is 0 Å². The fraction of sp³-hybridized carbons (Fsp3) is 0.562. The predicted molar refractivity (Wildman–Crippen MR) is 81.1 cm³/mol. The molecule has 1 aromatic rings. The Morgan fingerprint density at radius 2 is 2.05 bits per heavy atom. The molecule has 1 rings (SSSR count). The van der Waals surface area contributed by atoms with Gasteiger partial charge in [0.25, 0.3) is 5.91 Å². The van der Waals surface area contributed by atoms with Crippen LogP contribution in [-0.4, -0.2) is 12.5 Å². The predicted octanol–water partition coefficient (Wildman–Crippen LogP) is 3.61. The highest BCUT2D eigenvalue weighted by Crippen LogP contribution is 2.22. The number of carbonyl (C=O) groups is 1. The molecule has 3 heteroatoms. The van der Waals surface area contributed by atoms with Crippen molar-refractivity contribution in [3.63, 3.8) is 0 Å². The van der Waals surface area contributed by atoms with E-state index in [0.717, 1.165) is 6.42 Å². The number of anilines is 1. The molecule has 0 fully saturated rings. The van der Waals surface area contributed by atoms with E-state index in [-0.39, 0.29) is 11.3 Å². The number of nitrogens with two attached hydrogens (primary N) is 1. The summed E-state index contributed by atoms with van der Waals surface area (Å²) in [6.07, 6.45) is 4.84. The molecule has 0 aromatic heterocycles. The molecule has 0 aliphatic heterocycles. The maximum atomic E-state index is 12.0. The lowest BCUT2D eigenvalue weighted by molar-refractivity contribution is 0.0934. The van der Waals surface area contributed by atoms with Crippen LogP contribution in [0, 0.1) is 5.41 Å². The van der Waals surface area contributed by atoms with Crippen molar-refractivity contribution in [3.05, 3.63) is 29.8 Å². The molecule has 0 radical (unpaired) electrons. The van der Waals surface area contributed by atoms with Crippen molar-refractivity contribution in [2.75, 3.05) is 12.3 Å². The van der Waals surface area contributed by atoms with Gasteiger partial charge in [0.2, 0.25) is 0 Å². The zero-order chi connectivity index (χ0) is 14.3. The third kappa shape index (κ3) is 5.77.